The largest absolute Gasteiger partial charge is 0.486 e. The summed E-state index contributed by atoms with van der Waals surface area (Å²) < 4.78 is 11.7. The van der Waals surface area contributed by atoms with Crippen LogP contribution < -0.4 is 20.1 Å². The minimum absolute atomic E-state index is 0.0904. The lowest BCUT2D eigenvalue weighted by molar-refractivity contribution is 0.0904. The summed E-state index contributed by atoms with van der Waals surface area (Å²) in [6.45, 7) is 0.492. The number of hydrogen-bond donors (Lipinski definition) is 4. The molecule has 8 heteroatoms. The topological polar surface area (TPSA) is 113 Å². The van der Waals surface area contributed by atoms with Crippen LogP contribution in [0.1, 0.15) is 52.0 Å². The second-order valence-electron chi connectivity index (χ2n) is 10.5. The number of hydrogen-bond acceptors (Lipinski definition) is 5. The number of benzene rings is 3. The Hall–Kier alpha value is -4.30. The molecule has 0 spiro atoms. The Morgan fingerprint density at radius 3 is 2.62 bits per heavy atom. The summed E-state index contributed by atoms with van der Waals surface area (Å²) >= 11 is 0. The zero-order valence-corrected chi connectivity index (χ0v) is 22.2. The summed E-state index contributed by atoms with van der Waals surface area (Å²) in [5.74, 6) is 0.406. The van der Waals surface area contributed by atoms with Crippen LogP contribution in [-0.2, 0) is 6.42 Å². The summed E-state index contributed by atoms with van der Waals surface area (Å²) in [6, 6.07) is 18.7. The number of carbonyl (C=O) groups is 2. The molecule has 6 rings (SSSR count). The number of carbonyl (C=O) groups excluding carboxylic acids is 2. The number of amides is 2. The lowest BCUT2D eigenvalue weighted by Crippen LogP contribution is -2.39. The van der Waals surface area contributed by atoms with E-state index in [9.17, 15) is 14.7 Å². The molecule has 1 atom stereocenters. The number of para-hydroxylation sites is 1. The van der Waals surface area contributed by atoms with Crippen molar-refractivity contribution >= 4 is 22.7 Å². The van der Waals surface area contributed by atoms with Crippen molar-refractivity contribution < 1.29 is 24.2 Å². The molecule has 40 heavy (non-hydrogen) atoms. The Morgan fingerprint density at radius 1 is 0.950 bits per heavy atom. The fraction of sp³-hybridized carbons (Fsp3) is 0.312. The fourth-order valence-corrected chi connectivity index (χ4v) is 5.66. The van der Waals surface area contributed by atoms with E-state index in [2.05, 4.69) is 15.6 Å². The molecule has 0 radical (unpaired) electrons. The molecular formula is C32H33N3O5. The summed E-state index contributed by atoms with van der Waals surface area (Å²) in [5.41, 5.74) is 4.45. The smallest absolute Gasteiger partial charge is 0.255 e. The van der Waals surface area contributed by atoms with Gasteiger partial charge in [0.2, 0.25) is 0 Å². The van der Waals surface area contributed by atoms with E-state index in [1.165, 1.54) is 0 Å². The van der Waals surface area contributed by atoms with Crippen LogP contribution in [0.4, 0.5) is 0 Å². The van der Waals surface area contributed by atoms with Crippen molar-refractivity contribution in [3.63, 3.8) is 0 Å². The molecule has 0 saturated heterocycles. The third-order valence-corrected chi connectivity index (χ3v) is 7.73. The molecule has 1 aliphatic heterocycles. The van der Waals surface area contributed by atoms with Crippen LogP contribution in [-0.4, -0.2) is 53.8 Å². The van der Waals surface area contributed by atoms with Crippen LogP contribution >= 0.6 is 0 Å². The molecule has 2 heterocycles. The lowest BCUT2D eigenvalue weighted by Gasteiger charge is -2.23. The van der Waals surface area contributed by atoms with Crippen molar-refractivity contribution in [2.75, 3.05) is 19.8 Å². The molecule has 4 aromatic rings. The van der Waals surface area contributed by atoms with E-state index in [1.807, 2.05) is 54.7 Å². The van der Waals surface area contributed by atoms with Gasteiger partial charge in [-0.05, 0) is 66.3 Å². The third-order valence-electron chi connectivity index (χ3n) is 7.73. The Labute approximate surface area is 232 Å². The van der Waals surface area contributed by atoms with Gasteiger partial charge in [0.15, 0.2) is 11.5 Å². The van der Waals surface area contributed by atoms with Gasteiger partial charge < -0.3 is 30.2 Å². The molecule has 8 nitrogen and oxygen atoms in total. The zero-order chi connectivity index (χ0) is 27.5. The van der Waals surface area contributed by atoms with Crippen molar-refractivity contribution in [3.8, 4) is 22.6 Å². The molecular weight excluding hydrogens is 506 g/mol. The predicted octanol–water partition coefficient (Wildman–Crippen LogP) is 4.61. The highest BCUT2D eigenvalue weighted by atomic mass is 16.6. The molecule has 2 amide bonds. The number of nitrogens with one attached hydrogen (secondary N) is 3. The molecule has 0 bridgehead atoms. The van der Waals surface area contributed by atoms with Gasteiger partial charge in [-0.1, -0.05) is 43.2 Å². The molecule has 2 aliphatic rings. The molecule has 4 N–H and O–H groups in total. The van der Waals surface area contributed by atoms with Crippen molar-refractivity contribution in [2.45, 2.75) is 44.2 Å². The zero-order valence-electron chi connectivity index (χ0n) is 22.2. The number of aromatic nitrogens is 1. The number of fused-ring (bicyclic) bond motifs is 2. The first kappa shape index (κ1) is 26.0. The van der Waals surface area contributed by atoms with Crippen LogP contribution in [0.15, 0.2) is 66.9 Å². The minimum Gasteiger partial charge on any atom is -0.486 e. The van der Waals surface area contributed by atoms with E-state index < -0.39 is 6.04 Å². The Kier molecular flexibility index (Phi) is 7.42. The number of aliphatic hydroxyl groups is 1. The molecule has 1 aromatic heterocycles. The highest BCUT2D eigenvalue weighted by Crippen LogP contribution is 2.39. The quantitative estimate of drug-likeness (QED) is 0.261. The second-order valence-corrected chi connectivity index (χ2v) is 10.5. The van der Waals surface area contributed by atoms with E-state index >= 15 is 0 Å². The van der Waals surface area contributed by atoms with Gasteiger partial charge in [0.25, 0.3) is 11.8 Å². The van der Waals surface area contributed by atoms with E-state index in [1.54, 1.807) is 12.1 Å². The number of H-pyrrole nitrogens is 1. The van der Waals surface area contributed by atoms with Gasteiger partial charge in [-0.15, -0.1) is 0 Å². The van der Waals surface area contributed by atoms with Gasteiger partial charge in [-0.3, -0.25) is 9.59 Å². The number of aromatic amines is 1. The minimum atomic E-state index is -0.502. The Morgan fingerprint density at radius 2 is 1.77 bits per heavy atom. The van der Waals surface area contributed by atoms with Gasteiger partial charge in [0.1, 0.15) is 13.2 Å². The van der Waals surface area contributed by atoms with E-state index in [0.29, 0.717) is 42.3 Å². The number of aliphatic hydroxyl groups excluding tert-OH is 1. The van der Waals surface area contributed by atoms with Crippen LogP contribution in [0.25, 0.3) is 22.0 Å². The van der Waals surface area contributed by atoms with Crippen molar-refractivity contribution in [3.05, 3.63) is 83.6 Å². The van der Waals surface area contributed by atoms with E-state index in [-0.39, 0.29) is 24.5 Å². The van der Waals surface area contributed by atoms with Crippen molar-refractivity contribution in [1.29, 1.82) is 0 Å². The van der Waals surface area contributed by atoms with Crippen LogP contribution in [0, 0.1) is 0 Å². The van der Waals surface area contributed by atoms with Gasteiger partial charge in [0, 0.05) is 28.7 Å². The summed E-state index contributed by atoms with van der Waals surface area (Å²) in [7, 11) is 0. The van der Waals surface area contributed by atoms with Crippen LogP contribution in [0.3, 0.4) is 0 Å². The highest BCUT2D eigenvalue weighted by Gasteiger charge is 2.25. The Bertz CT molecular complexity index is 1540. The highest BCUT2D eigenvalue weighted by molar-refractivity contribution is 6.00. The first-order chi connectivity index (χ1) is 19.6. The molecule has 1 fully saturated rings. The van der Waals surface area contributed by atoms with Crippen LogP contribution in [0.2, 0.25) is 0 Å². The predicted molar refractivity (Wildman–Crippen MR) is 153 cm³/mol. The first-order valence-corrected chi connectivity index (χ1v) is 13.9. The van der Waals surface area contributed by atoms with Gasteiger partial charge in [-0.25, -0.2) is 0 Å². The fourth-order valence-electron chi connectivity index (χ4n) is 5.66. The summed E-state index contributed by atoms with van der Waals surface area (Å²) in [4.78, 5) is 29.8. The maximum absolute atomic E-state index is 13.6. The third kappa shape index (κ3) is 5.40. The number of ether oxygens (including phenoxy) is 2. The normalized spacial score (nSPS) is 15.6. The van der Waals surface area contributed by atoms with Gasteiger partial charge in [-0.2, -0.15) is 0 Å². The standard InChI is InChI=1S/C32H33N3O5/c36-19-25(15-23-18-33-28-11-4-3-10-26(23)28)35-32(38)27-16-22(17-29-30(27)40-13-12-39-29)20-6-5-7-21(14-20)31(37)34-24-8-1-2-9-24/h3-7,10-11,14,16-18,24-25,33,36H,1-2,8-9,12-13,15,19H2,(H,34,37)(H,35,38)/t25-/m1/s1. The van der Waals surface area contributed by atoms with Crippen LogP contribution in [0.5, 0.6) is 11.5 Å². The summed E-state index contributed by atoms with van der Waals surface area (Å²) in [5, 5.41) is 17.3. The molecule has 1 saturated carbocycles. The average molecular weight is 540 g/mol. The van der Waals surface area contributed by atoms with E-state index in [0.717, 1.165) is 53.3 Å². The van der Waals surface area contributed by atoms with Crippen molar-refractivity contribution in [1.82, 2.24) is 15.6 Å². The average Bonchev–Trinajstić information content (AvgIpc) is 3.66. The lowest BCUT2D eigenvalue weighted by atomic mass is 9.98. The number of rotatable bonds is 8. The molecule has 206 valence electrons. The molecule has 0 unspecified atom stereocenters. The maximum atomic E-state index is 13.6. The van der Waals surface area contributed by atoms with Crippen molar-refractivity contribution in [2.24, 2.45) is 0 Å². The monoisotopic (exact) mass is 539 g/mol. The Balaban J connectivity index is 1.26. The second kappa shape index (κ2) is 11.4. The molecule has 1 aliphatic carbocycles. The van der Waals surface area contributed by atoms with E-state index in [4.69, 9.17) is 9.47 Å². The SMILES string of the molecule is O=C(NC1CCCC1)c1cccc(-c2cc3c(c(C(=O)N[C@@H](CO)Cc4c[nH]c5ccccc45)c2)OCCO3)c1. The van der Waals surface area contributed by atoms with Gasteiger partial charge >= 0.3 is 0 Å². The van der Waals surface area contributed by atoms with Gasteiger partial charge in [0.05, 0.1) is 18.2 Å². The summed E-state index contributed by atoms with van der Waals surface area (Å²) in [6.07, 6.45) is 6.69. The first-order valence-electron chi connectivity index (χ1n) is 13.9. The molecule has 3 aromatic carbocycles. The maximum Gasteiger partial charge on any atom is 0.255 e.